The van der Waals surface area contributed by atoms with Gasteiger partial charge in [-0.25, -0.2) is 0 Å². The SMILES string of the molecule is Cc1ccc(C2(c3ccc(C)cc3)c3cc(C)ccc3-c3cc4c(cc32)-c2cc3cc(C)sc3cc2C4(c2ccc(C)cc2)c2ccc(C)cc2)cc1. The quantitative estimate of drug-likeness (QED) is 0.172. The standard InChI is InChI=1S/C52H42S/c1-31-7-16-38(17-8-31)51(39-18-9-32(2)10-19-39)46-25-35(5)15-24-42(46)44-28-48-45(29-47(44)51)43-27-37-26-36(6)53-50(37)30-49(43)52(48,40-20-11-33(3)12-21-40)41-22-13-34(4)14-23-41/h7-30H,1-6H3. The van der Waals surface area contributed by atoms with Crippen molar-refractivity contribution in [2.75, 3.05) is 0 Å². The Hall–Kier alpha value is -5.50. The van der Waals surface area contributed by atoms with Crippen LogP contribution in [-0.2, 0) is 10.8 Å². The lowest BCUT2D eigenvalue weighted by molar-refractivity contribution is 0.758. The molecule has 0 fully saturated rings. The van der Waals surface area contributed by atoms with Crippen LogP contribution in [0.3, 0.4) is 0 Å². The normalized spacial score (nSPS) is 14.5. The minimum atomic E-state index is -0.489. The van der Waals surface area contributed by atoms with Crippen LogP contribution in [0.2, 0.25) is 0 Å². The van der Waals surface area contributed by atoms with E-state index >= 15 is 0 Å². The van der Waals surface area contributed by atoms with Crippen molar-refractivity contribution in [3.63, 3.8) is 0 Å². The first-order valence-electron chi connectivity index (χ1n) is 18.8. The zero-order chi connectivity index (χ0) is 36.2. The summed E-state index contributed by atoms with van der Waals surface area (Å²) in [5.74, 6) is 0. The predicted molar refractivity (Wildman–Crippen MR) is 225 cm³/mol. The topological polar surface area (TPSA) is 0 Å². The number of benzene rings is 7. The molecular formula is C52H42S. The summed E-state index contributed by atoms with van der Waals surface area (Å²) in [5.41, 5.74) is 21.4. The summed E-state index contributed by atoms with van der Waals surface area (Å²) in [6.07, 6.45) is 0. The molecule has 0 saturated heterocycles. The highest BCUT2D eigenvalue weighted by Gasteiger charge is 2.51. The van der Waals surface area contributed by atoms with Gasteiger partial charge >= 0.3 is 0 Å². The summed E-state index contributed by atoms with van der Waals surface area (Å²) in [6, 6.07) is 57.1. The first-order chi connectivity index (χ1) is 25.7. The Morgan fingerprint density at radius 1 is 0.321 bits per heavy atom. The van der Waals surface area contributed by atoms with Gasteiger partial charge in [0.05, 0.1) is 10.8 Å². The molecule has 0 radical (unpaired) electrons. The lowest BCUT2D eigenvalue weighted by Gasteiger charge is -2.36. The van der Waals surface area contributed by atoms with Crippen molar-refractivity contribution in [1.29, 1.82) is 0 Å². The van der Waals surface area contributed by atoms with Gasteiger partial charge in [0.15, 0.2) is 0 Å². The third-order valence-electron chi connectivity index (χ3n) is 12.2. The van der Waals surface area contributed by atoms with Gasteiger partial charge in [-0.3, -0.25) is 0 Å². The van der Waals surface area contributed by atoms with Gasteiger partial charge in [0.2, 0.25) is 0 Å². The zero-order valence-corrected chi connectivity index (χ0v) is 32.1. The minimum Gasteiger partial charge on any atom is -0.141 e. The summed E-state index contributed by atoms with van der Waals surface area (Å²) < 4.78 is 1.35. The summed E-state index contributed by atoms with van der Waals surface area (Å²) in [6.45, 7) is 13.2. The molecular weight excluding hydrogens is 657 g/mol. The molecule has 0 nitrogen and oxygen atoms in total. The molecule has 0 saturated carbocycles. The van der Waals surface area contributed by atoms with Gasteiger partial charge in [-0.05, 0) is 144 Å². The van der Waals surface area contributed by atoms with E-state index in [-0.39, 0.29) is 0 Å². The molecule has 0 atom stereocenters. The second kappa shape index (κ2) is 11.5. The molecule has 0 spiro atoms. The van der Waals surface area contributed by atoms with Crippen molar-refractivity contribution in [3.05, 3.63) is 223 Å². The van der Waals surface area contributed by atoms with Crippen molar-refractivity contribution in [2.45, 2.75) is 52.4 Å². The minimum absolute atomic E-state index is 0.477. The van der Waals surface area contributed by atoms with Crippen LogP contribution in [0.25, 0.3) is 32.3 Å². The fourth-order valence-electron chi connectivity index (χ4n) is 9.70. The summed E-state index contributed by atoms with van der Waals surface area (Å²) in [7, 11) is 0. The maximum Gasteiger partial charge on any atom is 0.0714 e. The highest BCUT2D eigenvalue weighted by atomic mass is 32.1. The van der Waals surface area contributed by atoms with Crippen molar-refractivity contribution in [1.82, 2.24) is 0 Å². The molecule has 0 aliphatic heterocycles. The van der Waals surface area contributed by atoms with E-state index in [1.54, 1.807) is 0 Å². The Bertz CT molecular complexity index is 2650. The van der Waals surface area contributed by atoms with E-state index in [0.29, 0.717) is 0 Å². The van der Waals surface area contributed by atoms with Gasteiger partial charge < -0.3 is 0 Å². The number of thiophene rings is 1. The lowest BCUT2D eigenvalue weighted by atomic mass is 9.65. The molecule has 10 rings (SSSR count). The summed E-state index contributed by atoms with van der Waals surface area (Å²) >= 11 is 1.90. The van der Waals surface area contributed by atoms with Gasteiger partial charge in [-0.15, -0.1) is 11.3 Å². The highest BCUT2D eigenvalue weighted by Crippen LogP contribution is 2.63. The molecule has 2 aliphatic carbocycles. The molecule has 8 aromatic rings. The smallest absolute Gasteiger partial charge is 0.0714 e. The molecule has 1 heterocycles. The summed E-state index contributed by atoms with van der Waals surface area (Å²) in [5, 5.41) is 1.32. The van der Waals surface area contributed by atoms with Crippen LogP contribution in [-0.4, -0.2) is 0 Å². The second-order valence-electron chi connectivity index (χ2n) is 15.7. The first-order valence-corrected chi connectivity index (χ1v) is 19.6. The number of aryl methyl sites for hydroxylation is 6. The third-order valence-corrected chi connectivity index (χ3v) is 13.3. The van der Waals surface area contributed by atoms with E-state index in [9.17, 15) is 0 Å². The van der Waals surface area contributed by atoms with E-state index < -0.39 is 10.8 Å². The average molecular weight is 699 g/mol. The Morgan fingerprint density at radius 3 is 1.13 bits per heavy atom. The van der Waals surface area contributed by atoms with Crippen molar-refractivity contribution in [2.24, 2.45) is 0 Å². The molecule has 0 amide bonds. The molecule has 0 bridgehead atoms. The van der Waals surface area contributed by atoms with Crippen molar-refractivity contribution < 1.29 is 0 Å². The van der Waals surface area contributed by atoms with E-state index in [0.717, 1.165) is 0 Å². The van der Waals surface area contributed by atoms with Crippen LogP contribution in [0, 0.1) is 41.5 Å². The molecule has 2 aliphatic rings. The maximum absolute atomic E-state index is 2.60. The first kappa shape index (κ1) is 32.2. The van der Waals surface area contributed by atoms with E-state index in [4.69, 9.17) is 0 Å². The van der Waals surface area contributed by atoms with Crippen LogP contribution in [0.4, 0.5) is 0 Å². The Labute approximate surface area is 317 Å². The van der Waals surface area contributed by atoms with E-state index in [1.165, 1.54) is 110 Å². The van der Waals surface area contributed by atoms with E-state index in [1.807, 2.05) is 11.3 Å². The fourth-order valence-corrected chi connectivity index (χ4v) is 10.6. The van der Waals surface area contributed by atoms with Crippen LogP contribution in [0.5, 0.6) is 0 Å². The average Bonchev–Trinajstić information content (AvgIpc) is 3.76. The van der Waals surface area contributed by atoms with Gasteiger partial charge in [0.25, 0.3) is 0 Å². The number of hydrogen-bond acceptors (Lipinski definition) is 1. The van der Waals surface area contributed by atoms with Crippen LogP contribution in [0.15, 0.2) is 146 Å². The Kier molecular flexibility index (Phi) is 6.98. The highest BCUT2D eigenvalue weighted by molar-refractivity contribution is 7.19. The molecule has 0 unspecified atom stereocenters. The molecule has 0 N–H and O–H groups in total. The van der Waals surface area contributed by atoms with Crippen LogP contribution < -0.4 is 0 Å². The van der Waals surface area contributed by atoms with Crippen LogP contribution >= 0.6 is 11.3 Å². The van der Waals surface area contributed by atoms with E-state index in [2.05, 4.69) is 187 Å². The molecule has 1 heteroatoms. The zero-order valence-electron chi connectivity index (χ0n) is 31.3. The molecule has 256 valence electrons. The number of rotatable bonds is 4. The summed E-state index contributed by atoms with van der Waals surface area (Å²) in [4.78, 5) is 1.35. The van der Waals surface area contributed by atoms with Gasteiger partial charge in [0, 0.05) is 9.58 Å². The number of fused-ring (bicyclic) bond motifs is 7. The van der Waals surface area contributed by atoms with Crippen LogP contribution in [0.1, 0.15) is 77.2 Å². The largest absolute Gasteiger partial charge is 0.141 e. The van der Waals surface area contributed by atoms with Crippen molar-refractivity contribution >= 4 is 21.4 Å². The maximum atomic E-state index is 2.60. The second-order valence-corrected chi connectivity index (χ2v) is 17.0. The Morgan fingerprint density at radius 2 is 0.679 bits per heavy atom. The lowest BCUT2D eigenvalue weighted by Crippen LogP contribution is -2.30. The Balaban J connectivity index is 1.40. The fraction of sp³-hybridized carbons (Fsp3) is 0.154. The van der Waals surface area contributed by atoms with Gasteiger partial charge in [0.1, 0.15) is 0 Å². The molecule has 1 aromatic heterocycles. The van der Waals surface area contributed by atoms with Gasteiger partial charge in [-0.1, -0.05) is 143 Å². The monoisotopic (exact) mass is 698 g/mol. The molecule has 53 heavy (non-hydrogen) atoms. The number of hydrogen-bond donors (Lipinski definition) is 0. The third kappa shape index (κ3) is 4.47. The predicted octanol–water partition coefficient (Wildman–Crippen LogP) is 13.5. The molecule has 7 aromatic carbocycles. The van der Waals surface area contributed by atoms with Gasteiger partial charge in [-0.2, -0.15) is 0 Å². The van der Waals surface area contributed by atoms with Crippen molar-refractivity contribution in [3.8, 4) is 22.3 Å².